The van der Waals surface area contributed by atoms with Crippen molar-refractivity contribution in [1.82, 2.24) is 5.48 Å². The minimum absolute atomic E-state index is 0.583. The summed E-state index contributed by atoms with van der Waals surface area (Å²) in [5.41, 5.74) is 4.80. The maximum atomic E-state index is 5.57. The number of hydrogen-bond donors (Lipinski definition) is 1. The van der Waals surface area contributed by atoms with E-state index in [1.807, 2.05) is 58.0 Å². The third-order valence-electron chi connectivity index (χ3n) is 2.31. The lowest BCUT2D eigenvalue weighted by Crippen LogP contribution is -2.12. The van der Waals surface area contributed by atoms with E-state index in [1.54, 1.807) is 6.26 Å². The van der Waals surface area contributed by atoms with E-state index in [2.05, 4.69) is 5.48 Å². The predicted octanol–water partition coefficient (Wildman–Crippen LogP) is 3.81. The zero-order valence-corrected chi connectivity index (χ0v) is 12.6. The number of ether oxygens (including phenoxy) is 2. The van der Waals surface area contributed by atoms with E-state index in [-0.39, 0.29) is 0 Å². The molecule has 0 bridgehead atoms. The van der Waals surface area contributed by atoms with Crippen LogP contribution in [-0.4, -0.2) is 13.2 Å². The Morgan fingerprint density at radius 3 is 2.35 bits per heavy atom. The van der Waals surface area contributed by atoms with Crippen molar-refractivity contribution in [3.05, 3.63) is 47.9 Å². The van der Waals surface area contributed by atoms with Gasteiger partial charge in [-0.15, -0.1) is 0 Å². The van der Waals surface area contributed by atoms with Gasteiger partial charge in [-0.2, -0.15) is 0 Å². The van der Waals surface area contributed by atoms with Gasteiger partial charge in [-0.1, -0.05) is 5.57 Å². The second kappa shape index (κ2) is 9.04. The maximum Gasteiger partial charge on any atom is 0.126 e. The Balaban J connectivity index is 2.44. The van der Waals surface area contributed by atoms with E-state index in [4.69, 9.17) is 14.3 Å². The average molecular weight is 277 g/mol. The lowest BCUT2D eigenvalue weighted by Gasteiger charge is -2.07. The Hall–Kier alpha value is -1.94. The Labute approximate surface area is 121 Å². The molecule has 1 aromatic rings. The topological polar surface area (TPSA) is 39.7 Å². The number of hydrogen-bond acceptors (Lipinski definition) is 4. The third kappa shape index (κ3) is 6.85. The molecule has 4 heteroatoms. The summed E-state index contributed by atoms with van der Waals surface area (Å²) in [4.78, 5) is 5.04. The Kier molecular flexibility index (Phi) is 7.29. The standard InChI is InChI=1S/C16H23NO3/c1-5-20-17-14(4)12-19-16-8-6-15(7-9-16)18-11-10-13(2)3/h6-10,12,17H,5,11H2,1-4H3. The van der Waals surface area contributed by atoms with Crippen molar-refractivity contribution >= 4 is 0 Å². The average Bonchev–Trinajstić information content (AvgIpc) is 2.44. The molecule has 1 rings (SSSR count). The lowest BCUT2D eigenvalue weighted by molar-refractivity contribution is 0.0720. The largest absolute Gasteiger partial charge is 0.490 e. The monoisotopic (exact) mass is 277 g/mol. The molecule has 0 aliphatic heterocycles. The van der Waals surface area contributed by atoms with Crippen molar-refractivity contribution in [3.8, 4) is 11.5 Å². The second-order valence-corrected chi connectivity index (χ2v) is 4.52. The van der Waals surface area contributed by atoms with Crippen LogP contribution in [0, 0.1) is 0 Å². The minimum Gasteiger partial charge on any atom is -0.490 e. The van der Waals surface area contributed by atoms with Crippen molar-refractivity contribution in [2.24, 2.45) is 0 Å². The van der Waals surface area contributed by atoms with Crippen molar-refractivity contribution in [1.29, 1.82) is 0 Å². The maximum absolute atomic E-state index is 5.57. The summed E-state index contributed by atoms with van der Waals surface area (Å²) in [7, 11) is 0. The molecule has 1 N–H and O–H groups in total. The van der Waals surface area contributed by atoms with Gasteiger partial charge in [0, 0.05) is 0 Å². The van der Waals surface area contributed by atoms with Crippen molar-refractivity contribution < 1.29 is 14.3 Å². The number of rotatable bonds is 8. The zero-order valence-electron chi connectivity index (χ0n) is 12.6. The van der Waals surface area contributed by atoms with Crippen LogP contribution in [0.25, 0.3) is 0 Å². The molecule has 110 valence electrons. The summed E-state index contributed by atoms with van der Waals surface area (Å²) < 4.78 is 11.1. The van der Waals surface area contributed by atoms with Crippen LogP contribution in [-0.2, 0) is 4.84 Å². The molecule has 0 heterocycles. The summed E-state index contributed by atoms with van der Waals surface area (Å²) in [5.74, 6) is 1.57. The summed E-state index contributed by atoms with van der Waals surface area (Å²) in [6, 6.07) is 7.49. The molecule has 0 unspecified atom stereocenters. The number of benzene rings is 1. The van der Waals surface area contributed by atoms with Crippen LogP contribution < -0.4 is 15.0 Å². The molecule has 0 radical (unpaired) electrons. The number of nitrogens with one attached hydrogen (secondary N) is 1. The van der Waals surface area contributed by atoms with E-state index >= 15 is 0 Å². The molecule has 0 atom stereocenters. The molecule has 0 aliphatic carbocycles. The van der Waals surface area contributed by atoms with Gasteiger partial charge < -0.3 is 9.47 Å². The second-order valence-electron chi connectivity index (χ2n) is 4.52. The fourth-order valence-corrected chi connectivity index (χ4v) is 1.29. The smallest absolute Gasteiger partial charge is 0.126 e. The summed E-state index contributed by atoms with van der Waals surface area (Å²) >= 11 is 0. The number of allylic oxidation sites excluding steroid dienone is 2. The van der Waals surface area contributed by atoms with E-state index in [1.165, 1.54) is 5.57 Å². The summed E-state index contributed by atoms with van der Waals surface area (Å²) in [6.07, 6.45) is 3.64. The molecule has 4 nitrogen and oxygen atoms in total. The number of hydroxylamine groups is 1. The van der Waals surface area contributed by atoms with Crippen LogP contribution in [0.4, 0.5) is 0 Å². The third-order valence-corrected chi connectivity index (χ3v) is 2.31. The Bertz CT molecular complexity index is 445. The van der Waals surface area contributed by atoms with E-state index in [0.29, 0.717) is 13.2 Å². The van der Waals surface area contributed by atoms with Gasteiger partial charge in [-0.25, -0.2) is 0 Å². The molecule has 0 saturated heterocycles. The van der Waals surface area contributed by atoms with Crippen molar-refractivity contribution in [2.75, 3.05) is 13.2 Å². The van der Waals surface area contributed by atoms with Gasteiger partial charge >= 0.3 is 0 Å². The highest BCUT2D eigenvalue weighted by atomic mass is 16.6. The first kappa shape index (κ1) is 16.1. The minimum atomic E-state index is 0.583. The zero-order chi connectivity index (χ0) is 14.8. The van der Waals surface area contributed by atoms with Gasteiger partial charge in [0.2, 0.25) is 0 Å². The van der Waals surface area contributed by atoms with Gasteiger partial charge in [-0.05, 0) is 58.0 Å². The molecule has 20 heavy (non-hydrogen) atoms. The first-order valence-electron chi connectivity index (χ1n) is 6.69. The van der Waals surface area contributed by atoms with Crippen molar-refractivity contribution in [3.63, 3.8) is 0 Å². The van der Waals surface area contributed by atoms with E-state index in [9.17, 15) is 0 Å². The van der Waals surface area contributed by atoms with Crippen LogP contribution in [0.1, 0.15) is 27.7 Å². The van der Waals surface area contributed by atoms with Crippen LogP contribution in [0.3, 0.4) is 0 Å². The normalized spacial score (nSPS) is 10.9. The fraction of sp³-hybridized carbons (Fsp3) is 0.375. The highest BCUT2D eigenvalue weighted by Crippen LogP contribution is 2.18. The molecular weight excluding hydrogens is 254 g/mol. The lowest BCUT2D eigenvalue weighted by atomic mass is 10.3. The predicted molar refractivity (Wildman–Crippen MR) is 80.5 cm³/mol. The molecular formula is C16H23NO3. The molecule has 0 aromatic heterocycles. The van der Waals surface area contributed by atoms with Gasteiger partial charge in [0.05, 0.1) is 12.3 Å². The van der Waals surface area contributed by atoms with Crippen LogP contribution >= 0.6 is 0 Å². The fourth-order valence-electron chi connectivity index (χ4n) is 1.29. The van der Waals surface area contributed by atoms with Gasteiger partial charge in [0.25, 0.3) is 0 Å². The molecule has 0 aliphatic rings. The van der Waals surface area contributed by atoms with Crippen LogP contribution in [0.15, 0.2) is 47.9 Å². The molecule has 0 fully saturated rings. The SMILES string of the molecule is CCONC(C)=COc1ccc(OCC=C(C)C)cc1. The van der Waals surface area contributed by atoms with E-state index in [0.717, 1.165) is 17.2 Å². The molecule has 0 amide bonds. The van der Waals surface area contributed by atoms with Gasteiger partial charge in [-0.3, -0.25) is 10.3 Å². The first-order valence-corrected chi connectivity index (χ1v) is 6.69. The molecule has 0 spiro atoms. The van der Waals surface area contributed by atoms with Crippen molar-refractivity contribution in [2.45, 2.75) is 27.7 Å². The Morgan fingerprint density at radius 2 is 1.75 bits per heavy atom. The highest BCUT2D eigenvalue weighted by molar-refractivity contribution is 5.31. The first-order chi connectivity index (χ1) is 9.61. The summed E-state index contributed by atoms with van der Waals surface area (Å²) in [6.45, 7) is 9.06. The molecule has 0 saturated carbocycles. The summed E-state index contributed by atoms with van der Waals surface area (Å²) in [5, 5.41) is 0. The Morgan fingerprint density at radius 1 is 1.10 bits per heavy atom. The molecule has 1 aromatic carbocycles. The van der Waals surface area contributed by atoms with Gasteiger partial charge in [0.1, 0.15) is 24.4 Å². The van der Waals surface area contributed by atoms with E-state index < -0.39 is 0 Å². The van der Waals surface area contributed by atoms with Crippen LogP contribution in [0.2, 0.25) is 0 Å². The van der Waals surface area contributed by atoms with Crippen LogP contribution in [0.5, 0.6) is 11.5 Å². The highest BCUT2D eigenvalue weighted by Gasteiger charge is 1.95. The quantitative estimate of drug-likeness (QED) is 0.445. The van der Waals surface area contributed by atoms with Gasteiger partial charge in [0.15, 0.2) is 0 Å².